The Hall–Kier alpha value is -0.230. The van der Waals surface area contributed by atoms with Gasteiger partial charge in [0.05, 0.1) is 0 Å². The van der Waals surface area contributed by atoms with Crippen molar-refractivity contribution in [2.75, 3.05) is 6.61 Å². The van der Waals surface area contributed by atoms with Crippen LogP contribution in [0.2, 0.25) is 0 Å². The molecule has 0 fully saturated rings. The van der Waals surface area contributed by atoms with Gasteiger partial charge in [0.25, 0.3) is 0 Å². The molecule has 0 aromatic carbocycles. The Labute approximate surface area is 121 Å². The standard InChI is InChI=1S/C10H16Cl3NO4/c11-10(12,13)6-18-8(15)5-3-1-2-4-7(14)9(16)17/h7H,1-6,14H2,(H,16,17)/t7-/m0/s1. The summed E-state index contributed by atoms with van der Waals surface area (Å²) in [6.07, 6.45) is 2.53. The highest BCUT2D eigenvalue weighted by Crippen LogP contribution is 2.26. The molecule has 0 bridgehead atoms. The number of nitrogens with two attached hydrogens (primary N) is 1. The number of carbonyl (C=O) groups excluding carboxylic acids is 1. The monoisotopic (exact) mass is 319 g/mol. The molecule has 106 valence electrons. The molecule has 0 radical (unpaired) electrons. The molecule has 0 heterocycles. The number of halogens is 3. The molecule has 0 unspecified atom stereocenters. The van der Waals surface area contributed by atoms with Crippen LogP contribution >= 0.6 is 34.8 Å². The number of aliphatic carboxylic acids is 1. The molecule has 5 nitrogen and oxygen atoms in total. The number of ether oxygens (including phenoxy) is 1. The summed E-state index contributed by atoms with van der Waals surface area (Å²) in [5, 5.41) is 8.54. The van der Waals surface area contributed by atoms with Gasteiger partial charge in [-0.1, -0.05) is 47.6 Å². The second-order valence-electron chi connectivity index (χ2n) is 3.82. The third-order valence-corrected chi connectivity index (χ3v) is 2.44. The Balaban J connectivity index is 3.49. The Morgan fingerprint density at radius 3 is 2.33 bits per heavy atom. The van der Waals surface area contributed by atoms with Gasteiger partial charge in [-0.05, 0) is 12.8 Å². The molecule has 0 saturated heterocycles. The van der Waals surface area contributed by atoms with E-state index >= 15 is 0 Å². The predicted octanol–water partition coefficient (Wildman–Crippen LogP) is 2.26. The van der Waals surface area contributed by atoms with Gasteiger partial charge >= 0.3 is 11.9 Å². The van der Waals surface area contributed by atoms with Crippen molar-refractivity contribution in [3.05, 3.63) is 0 Å². The van der Waals surface area contributed by atoms with Crippen LogP contribution < -0.4 is 5.73 Å². The number of hydrogen-bond acceptors (Lipinski definition) is 4. The maximum atomic E-state index is 11.2. The first-order valence-corrected chi connectivity index (χ1v) is 6.56. The van der Waals surface area contributed by atoms with Gasteiger partial charge in [0.1, 0.15) is 12.6 Å². The van der Waals surface area contributed by atoms with E-state index in [0.29, 0.717) is 25.7 Å². The second kappa shape index (κ2) is 8.80. The van der Waals surface area contributed by atoms with Crippen LogP contribution in [-0.2, 0) is 14.3 Å². The summed E-state index contributed by atoms with van der Waals surface area (Å²) >= 11 is 16.2. The van der Waals surface area contributed by atoms with Crippen LogP contribution in [0.4, 0.5) is 0 Å². The zero-order chi connectivity index (χ0) is 14.2. The topological polar surface area (TPSA) is 89.6 Å². The van der Waals surface area contributed by atoms with Crippen molar-refractivity contribution in [2.45, 2.75) is 41.9 Å². The molecule has 0 aromatic heterocycles. The minimum Gasteiger partial charge on any atom is -0.480 e. The van der Waals surface area contributed by atoms with Gasteiger partial charge in [0.2, 0.25) is 3.79 Å². The second-order valence-corrected chi connectivity index (χ2v) is 6.34. The fourth-order valence-corrected chi connectivity index (χ4v) is 1.33. The van der Waals surface area contributed by atoms with E-state index in [1.807, 2.05) is 0 Å². The Bertz CT molecular complexity index is 281. The van der Waals surface area contributed by atoms with Crippen molar-refractivity contribution in [2.24, 2.45) is 5.73 Å². The zero-order valence-corrected chi connectivity index (χ0v) is 12.0. The van der Waals surface area contributed by atoms with Gasteiger partial charge in [-0.25, -0.2) is 0 Å². The molecule has 8 heteroatoms. The minimum absolute atomic E-state index is 0.211. The van der Waals surface area contributed by atoms with Gasteiger partial charge in [0, 0.05) is 6.42 Å². The molecule has 18 heavy (non-hydrogen) atoms. The van der Waals surface area contributed by atoms with E-state index in [1.165, 1.54) is 0 Å². The average Bonchev–Trinajstić information content (AvgIpc) is 2.24. The number of carboxylic acid groups (broad SMARTS) is 1. The lowest BCUT2D eigenvalue weighted by Crippen LogP contribution is -2.29. The van der Waals surface area contributed by atoms with E-state index < -0.39 is 21.8 Å². The Morgan fingerprint density at radius 2 is 1.83 bits per heavy atom. The Morgan fingerprint density at radius 1 is 1.22 bits per heavy atom. The summed E-state index contributed by atoms with van der Waals surface area (Å²) < 4.78 is 3.13. The molecule has 0 aliphatic heterocycles. The number of alkyl halides is 3. The van der Waals surface area contributed by atoms with E-state index in [4.69, 9.17) is 50.4 Å². The molecule has 0 amide bonds. The van der Waals surface area contributed by atoms with Crippen molar-refractivity contribution >= 4 is 46.7 Å². The number of hydrogen-bond donors (Lipinski definition) is 2. The smallest absolute Gasteiger partial charge is 0.320 e. The van der Waals surface area contributed by atoms with Gasteiger partial charge in [-0.15, -0.1) is 0 Å². The van der Waals surface area contributed by atoms with Crippen LogP contribution in [0.5, 0.6) is 0 Å². The molecule has 0 saturated carbocycles. The van der Waals surface area contributed by atoms with Crippen molar-refractivity contribution in [3.8, 4) is 0 Å². The number of carboxylic acids is 1. The molecule has 0 aromatic rings. The maximum Gasteiger partial charge on any atom is 0.320 e. The quantitative estimate of drug-likeness (QED) is 0.407. The van der Waals surface area contributed by atoms with E-state index in [-0.39, 0.29) is 13.0 Å². The van der Waals surface area contributed by atoms with E-state index in [1.54, 1.807) is 0 Å². The molecule has 0 rings (SSSR count). The van der Waals surface area contributed by atoms with Crippen LogP contribution in [0, 0.1) is 0 Å². The fraction of sp³-hybridized carbons (Fsp3) is 0.800. The molecule has 0 aliphatic carbocycles. The molecular formula is C10H16Cl3NO4. The van der Waals surface area contributed by atoms with Gasteiger partial charge in [0.15, 0.2) is 0 Å². The largest absolute Gasteiger partial charge is 0.480 e. The number of unbranched alkanes of at least 4 members (excludes halogenated alkanes) is 2. The van der Waals surface area contributed by atoms with Crippen LogP contribution in [0.15, 0.2) is 0 Å². The molecule has 3 N–H and O–H groups in total. The summed E-state index contributed by atoms with van der Waals surface area (Å²) in [6.45, 7) is -0.277. The summed E-state index contributed by atoms with van der Waals surface area (Å²) in [5.74, 6) is -1.46. The van der Waals surface area contributed by atoms with Crippen LogP contribution in [0.3, 0.4) is 0 Å². The lowest BCUT2D eigenvalue weighted by Gasteiger charge is -2.11. The molecule has 1 atom stereocenters. The van der Waals surface area contributed by atoms with Gasteiger partial charge in [-0.3, -0.25) is 9.59 Å². The average molecular weight is 321 g/mol. The third kappa shape index (κ3) is 10.9. The van der Waals surface area contributed by atoms with E-state index in [2.05, 4.69) is 0 Å². The molecule has 0 aliphatic rings. The van der Waals surface area contributed by atoms with Gasteiger partial charge < -0.3 is 15.6 Å². The Kier molecular flexibility index (Phi) is 8.69. The van der Waals surface area contributed by atoms with Crippen LogP contribution in [0.25, 0.3) is 0 Å². The lowest BCUT2D eigenvalue weighted by atomic mass is 10.1. The summed E-state index contributed by atoms with van der Waals surface area (Å²) in [6, 6.07) is -0.846. The zero-order valence-electron chi connectivity index (χ0n) is 9.70. The first-order valence-electron chi connectivity index (χ1n) is 5.43. The summed E-state index contributed by atoms with van der Waals surface area (Å²) in [4.78, 5) is 21.6. The molecule has 0 spiro atoms. The molecular weight excluding hydrogens is 304 g/mol. The van der Waals surface area contributed by atoms with E-state index in [0.717, 1.165) is 0 Å². The predicted molar refractivity (Wildman–Crippen MR) is 69.9 cm³/mol. The third-order valence-electron chi connectivity index (χ3n) is 2.11. The highest BCUT2D eigenvalue weighted by molar-refractivity contribution is 6.67. The van der Waals surface area contributed by atoms with Crippen LogP contribution in [-0.4, -0.2) is 33.5 Å². The first kappa shape index (κ1) is 17.8. The van der Waals surface area contributed by atoms with Crippen molar-refractivity contribution in [1.29, 1.82) is 0 Å². The summed E-state index contributed by atoms with van der Waals surface area (Å²) in [5.41, 5.74) is 5.32. The summed E-state index contributed by atoms with van der Waals surface area (Å²) in [7, 11) is 0. The van der Waals surface area contributed by atoms with Crippen molar-refractivity contribution < 1.29 is 19.4 Å². The first-order chi connectivity index (χ1) is 8.22. The lowest BCUT2D eigenvalue weighted by molar-refractivity contribution is -0.143. The highest BCUT2D eigenvalue weighted by Gasteiger charge is 2.21. The normalized spacial score (nSPS) is 13.1. The van der Waals surface area contributed by atoms with Crippen molar-refractivity contribution in [1.82, 2.24) is 0 Å². The van der Waals surface area contributed by atoms with Crippen molar-refractivity contribution in [3.63, 3.8) is 0 Å². The fourth-order valence-electron chi connectivity index (χ4n) is 1.17. The number of esters is 1. The van der Waals surface area contributed by atoms with Crippen LogP contribution in [0.1, 0.15) is 32.1 Å². The minimum atomic E-state index is -1.59. The van der Waals surface area contributed by atoms with Gasteiger partial charge in [-0.2, -0.15) is 0 Å². The number of carbonyl (C=O) groups is 2. The highest BCUT2D eigenvalue weighted by atomic mass is 35.6. The number of rotatable bonds is 8. The SMILES string of the molecule is N[C@@H](CCCCCC(=O)OCC(Cl)(Cl)Cl)C(=O)O. The van der Waals surface area contributed by atoms with E-state index in [9.17, 15) is 9.59 Å². The maximum absolute atomic E-state index is 11.2.